The van der Waals surface area contributed by atoms with Crippen LogP contribution in [0.3, 0.4) is 0 Å². The summed E-state index contributed by atoms with van der Waals surface area (Å²) in [6.07, 6.45) is -0.00466. The third-order valence-corrected chi connectivity index (χ3v) is 5.48. The predicted molar refractivity (Wildman–Crippen MR) is 132 cm³/mol. The smallest absolute Gasteiger partial charge is 0.271 e. The summed E-state index contributed by atoms with van der Waals surface area (Å²) in [6.45, 7) is 4.58. The number of rotatable bonds is 7. The van der Waals surface area contributed by atoms with Gasteiger partial charge in [-0.25, -0.2) is 5.43 Å². The van der Waals surface area contributed by atoms with Crippen molar-refractivity contribution in [3.8, 4) is 0 Å². The van der Waals surface area contributed by atoms with Gasteiger partial charge in [-0.05, 0) is 50.2 Å². The molecule has 1 aromatic heterocycles. The van der Waals surface area contributed by atoms with Gasteiger partial charge in [-0.3, -0.25) is 19.7 Å². The zero-order valence-corrected chi connectivity index (χ0v) is 18.7. The Labute approximate surface area is 195 Å². The fraction of sp³-hybridized carbons (Fsp3) is 0.160. The van der Waals surface area contributed by atoms with Crippen LogP contribution in [0.2, 0.25) is 0 Å². The van der Waals surface area contributed by atoms with E-state index in [1.807, 2.05) is 30.3 Å². The zero-order valence-electron chi connectivity index (χ0n) is 18.7. The summed E-state index contributed by atoms with van der Waals surface area (Å²) in [5.74, 6) is -0.781. The van der Waals surface area contributed by atoms with Crippen molar-refractivity contribution in [2.24, 2.45) is 5.10 Å². The number of benzene rings is 3. The highest BCUT2D eigenvalue weighted by Crippen LogP contribution is 2.31. The molecule has 2 N–H and O–H groups in total. The Morgan fingerprint density at radius 1 is 1.00 bits per heavy atom. The number of anilines is 1. The molecule has 0 saturated heterocycles. The van der Waals surface area contributed by atoms with Crippen LogP contribution in [0.15, 0.2) is 71.8 Å². The zero-order chi connectivity index (χ0) is 24.2. The van der Waals surface area contributed by atoms with E-state index in [0.717, 1.165) is 28.4 Å². The molecule has 1 heterocycles. The minimum atomic E-state index is -0.540. The van der Waals surface area contributed by atoms with Gasteiger partial charge in [-0.2, -0.15) is 5.10 Å². The molecule has 34 heavy (non-hydrogen) atoms. The maximum atomic E-state index is 12.5. The number of carbonyl (C=O) groups is 2. The number of nitrogens with one attached hydrogen (secondary N) is 2. The van der Waals surface area contributed by atoms with Crippen LogP contribution in [-0.4, -0.2) is 27.0 Å². The van der Waals surface area contributed by atoms with Crippen LogP contribution in [0.25, 0.3) is 21.8 Å². The van der Waals surface area contributed by atoms with Crippen molar-refractivity contribution in [2.45, 2.75) is 26.8 Å². The van der Waals surface area contributed by atoms with Gasteiger partial charge >= 0.3 is 0 Å². The molecule has 4 rings (SSSR count). The Balaban J connectivity index is 1.41. The summed E-state index contributed by atoms with van der Waals surface area (Å²) < 4.78 is 2.24. The van der Waals surface area contributed by atoms with Crippen molar-refractivity contribution in [1.29, 1.82) is 0 Å². The molecule has 0 atom stereocenters. The minimum Gasteiger partial charge on any atom is -0.341 e. The lowest BCUT2D eigenvalue weighted by molar-refractivity contribution is -0.384. The SMILES string of the molecule is CCn1c2ccccc2c2cc(NC(=O)CC(C)=NNC(=O)c3ccc([N+](=O)[O-])cc3)ccc21. The molecule has 9 nitrogen and oxygen atoms in total. The van der Waals surface area contributed by atoms with E-state index >= 15 is 0 Å². The molecule has 0 bridgehead atoms. The number of hydrogen-bond donors (Lipinski definition) is 2. The molecule has 0 aliphatic heterocycles. The number of hydrazone groups is 1. The number of hydrogen-bond acceptors (Lipinski definition) is 5. The van der Waals surface area contributed by atoms with Crippen molar-refractivity contribution in [1.82, 2.24) is 9.99 Å². The van der Waals surface area contributed by atoms with Crippen molar-refractivity contribution in [2.75, 3.05) is 5.32 Å². The molecule has 172 valence electrons. The maximum Gasteiger partial charge on any atom is 0.271 e. The van der Waals surface area contributed by atoms with Crippen molar-refractivity contribution in [3.63, 3.8) is 0 Å². The number of nitro groups is 1. The number of non-ortho nitro benzene ring substituents is 1. The van der Waals surface area contributed by atoms with Gasteiger partial charge in [0.1, 0.15) is 0 Å². The highest BCUT2D eigenvalue weighted by molar-refractivity contribution is 6.11. The van der Waals surface area contributed by atoms with Crippen LogP contribution in [0, 0.1) is 10.1 Å². The molecule has 0 aliphatic carbocycles. The topological polar surface area (TPSA) is 119 Å². The van der Waals surface area contributed by atoms with Gasteiger partial charge in [0.15, 0.2) is 0 Å². The van der Waals surface area contributed by atoms with Crippen LogP contribution in [-0.2, 0) is 11.3 Å². The number of aryl methyl sites for hydroxylation is 1. The molecule has 0 saturated carbocycles. The van der Waals surface area contributed by atoms with E-state index in [9.17, 15) is 19.7 Å². The second-order valence-electron chi connectivity index (χ2n) is 7.81. The molecule has 0 spiro atoms. The first-order valence-electron chi connectivity index (χ1n) is 10.8. The number of para-hydroxylation sites is 1. The summed E-state index contributed by atoms with van der Waals surface area (Å²) in [7, 11) is 0. The highest BCUT2D eigenvalue weighted by Gasteiger charge is 2.12. The average molecular weight is 457 g/mol. The van der Waals surface area contributed by atoms with Gasteiger partial charge in [0.05, 0.1) is 11.3 Å². The summed E-state index contributed by atoms with van der Waals surface area (Å²) >= 11 is 0. The number of fused-ring (bicyclic) bond motifs is 3. The van der Waals surface area contributed by atoms with Gasteiger partial charge in [0.2, 0.25) is 5.91 Å². The van der Waals surface area contributed by atoms with Gasteiger partial charge in [0.25, 0.3) is 11.6 Å². The largest absolute Gasteiger partial charge is 0.341 e. The first kappa shape index (κ1) is 22.7. The van der Waals surface area contributed by atoms with E-state index in [4.69, 9.17) is 0 Å². The fourth-order valence-electron chi connectivity index (χ4n) is 3.89. The van der Waals surface area contributed by atoms with Crippen LogP contribution in [0.1, 0.15) is 30.6 Å². The molecular formula is C25H23N5O4. The quantitative estimate of drug-likeness (QED) is 0.234. The second-order valence-corrected chi connectivity index (χ2v) is 7.81. The summed E-state index contributed by atoms with van der Waals surface area (Å²) in [6, 6.07) is 19.2. The van der Waals surface area contributed by atoms with Gasteiger partial charge < -0.3 is 9.88 Å². The van der Waals surface area contributed by atoms with Gasteiger partial charge in [-0.1, -0.05) is 18.2 Å². The second kappa shape index (κ2) is 9.53. The van der Waals surface area contributed by atoms with Crippen molar-refractivity contribution in [3.05, 3.63) is 82.4 Å². The van der Waals surface area contributed by atoms with E-state index in [-0.39, 0.29) is 23.6 Å². The van der Waals surface area contributed by atoms with Crippen molar-refractivity contribution < 1.29 is 14.5 Å². The molecule has 3 aromatic carbocycles. The number of carbonyl (C=O) groups excluding carboxylic acids is 2. The molecule has 0 fully saturated rings. The van der Waals surface area contributed by atoms with E-state index < -0.39 is 10.8 Å². The van der Waals surface area contributed by atoms with E-state index in [0.29, 0.717) is 11.4 Å². The lowest BCUT2D eigenvalue weighted by atomic mass is 10.1. The Bertz CT molecular complexity index is 1440. The predicted octanol–water partition coefficient (Wildman–Crippen LogP) is 4.86. The van der Waals surface area contributed by atoms with E-state index in [1.165, 1.54) is 24.3 Å². The fourth-order valence-corrected chi connectivity index (χ4v) is 3.89. The standard InChI is InChI=1S/C25H23N5O4/c1-3-29-22-7-5-4-6-20(22)21-15-18(10-13-23(21)29)26-24(31)14-16(2)27-28-25(32)17-8-11-19(12-9-17)30(33)34/h4-13,15H,3,14H2,1-2H3,(H,26,31)(H,28,32). The van der Waals surface area contributed by atoms with Crippen LogP contribution < -0.4 is 10.7 Å². The molecule has 2 amide bonds. The number of amides is 2. The van der Waals surface area contributed by atoms with Gasteiger partial charge in [-0.15, -0.1) is 0 Å². The number of nitrogens with zero attached hydrogens (tertiary/aromatic N) is 3. The average Bonchev–Trinajstić information content (AvgIpc) is 3.15. The van der Waals surface area contributed by atoms with E-state index in [1.54, 1.807) is 6.92 Å². The molecule has 4 aromatic rings. The van der Waals surface area contributed by atoms with Crippen LogP contribution in [0.5, 0.6) is 0 Å². The molecule has 0 radical (unpaired) electrons. The normalized spacial score (nSPS) is 11.5. The molecular weight excluding hydrogens is 434 g/mol. The highest BCUT2D eigenvalue weighted by atomic mass is 16.6. The monoisotopic (exact) mass is 457 g/mol. The van der Waals surface area contributed by atoms with Crippen LogP contribution >= 0.6 is 0 Å². The summed E-state index contributed by atoms with van der Waals surface area (Å²) in [4.78, 5) is 34.9. The van der Waals surface area contributed by atoms with E-state index in [2.05, 4.69) is 39.5 Å². The Kier molecular flexibility index (Phi) is 6.35. The minimum absolute atomic E-state index is 0.00466. The lowest BCUT2D eigenvalue weighted by Gasteiger charge is -2.07. The number of nitro benzene ring substituents is 1. The third-order valence-electron chi connectivity index (χ3n) is 5.48. The van der Waals surface area contributed by atoms with Crippen LogP contribution in [0.4, 0.5) is 11.4 Å². The Morgan fingerprint density at radius 2 is 1.71 bits per heavy atom. The summed E-state index contributed by atoms with van der Waals surface area (Å²) in [5.41, 5.74) is 5.83. The first-order valence-corrected chi connectivity index (χ1v) is 10.8. The Hall–Kier alpha value is -4.53. The maximum absolute atomic E-state index is 12.5. The lowest BCUT2D eigenvalue weighted by Crippen LogP contribution is -2.21. The molecule has 0 unspecified atom stereocenters. The summed E-state index contributed by atoms with van der Waals surface area (Å²) in [5, 5.41) is 19.8. The first-order chi connectivity index (χ1) is 16.4. The molecule has 0 aliphatic rings. The van der Waals surface area contributed by atoms with Crippen molar-refractivity contribution >= 4 is 50.7 Å². The number of aromatic nitrogens is 1. The molecule has 9 heteroatoms. The van der Waals surface area contributed by atoms with Gasteiger partial charge in [0, 0.05) is 57.4 Å². The Morgan fingerprint density at radius 3 is 2.41 bits per heavy atom. The third kappa shape index (κ3) is 4.63.